The summed E-state index contributed by atoms with van der Waals surface area (Å²) in [7, 11) is 0. The third kappa shape index (κ3) is 4.09. The molecule has 2 saturated heterocycles. The number of carbonyl (C=O) groups is 1. The Bertz CT molecular complexity index is 797. The summed E-state index contributed by atoms with van der Waals surface area (Å²) in [4.78, 5) is 28.0. The number of hydrogen-bond donors (Lipinski definition) is 0. The second kappa shape index (κ2) is 8.56. The van der Waals surface area contributed by atoms with Crippen LogP contribution in [0.5, 0.6) is 0 Å². The number of rotatable bonds is 4. The van der Waals surface area contributed by atoms with Crippen LogP contribution < -0.4 is 9.80 Å². The molecule has 3 heterocycles. The van der Waals surface area contributed by atoms with E-state index in [2.05, 4.69) is 26.7 Å². The highest BCUT2D eigenvalue weighted by atomic mass is 16.5. The maximum atomic E-state index is 12.9. The van der Waals surface area contributed by atoms with Crippen LogP contribution in [-0.4, -0.2) is 73.3 Å². The van der Waals surface area contributed by atoms with Gasteiger partial charge in [-0.25, -0.2) is 9.97 Å². The first-order valence-electron chi connectivity index (χ1n) is 10.0. The summed E-state index contributed by atoms with van der Waals surface area (Å²) in [5.41, 5.74) is 2.95. The molecule has 2 aromatic rings. The fourth-order valence-corrected chi connectivity index (χ4v) is 3.71. The highest BCUT2D eigenvalue weighted by Crippen LogP contribution is 2.19. The summed E-state index contributed by atoms with van der Waals surface area (Å²) in [6.45, 7) is 8.40. The van der Waals surface area contributed by atoms with Gasteiger partial charge in [0.15, 0.2) is 0 Å². The van der Waals surface area contributed by atoms with Crippen molar-refractivity contribution in [3.8, 4) is 0 Å². The van der Waals surface area contributed by atoms with E-state index in [-0.39, 0.29) is 5.91 Å². The molecule has 2 aliphatic heterocycles. The molecular formula is C21H27N5O2. The molecule has 0 saturated carbocycles. The molecule has 4 rings (SSSR count). The summed E-state index contributed by atoms with van der Waals surface area (Å²) < 4.78 is 5.40. The van der Waals surface area contributed by atoms with Crippen LogP contribution in [0, 0.1) is 0 Å². The van der Waals surface area contributed by atoms with Gasteiger partial charge in [0.2, 0.25) is 0 Å². The molecule has 148 valence electrons. The second-order valence-electron chi connectivity index (χ2n) is 7.15. The Morgan fingerprint density at radius 3 is 2.36 bits per heavy atom. The van der Waals surface area contributed by atoms with E-state index in [1.807, 2.05) is 35.2 Å². The Balaban J connectivity index is 1.35. The van der Waals surface area contributed by atoms with E-state index in [4.69, 9.17) is 4.74 Å². The van der Waals surface area contributed by atoms with Crippen molar-refractivity contribution in [2.75, 3.05) is 62.3 Å². The van der Waals surface area contributed by atoms with Gasteiger partial charge in [0.05, 0.1) is 13.2 Å². The zero-order chi connectivity index (χ0) is 19.3. The molecular weight excluding hydrogens is 354 g/mol. The minimum absolute atomic E-state index is 0.102. The van der Waals surface area contributed by atoms with Crippen LogP contribution in [0.2, 0.25) is 0 Å². The number of morpholine rings is 1. The summed E-state index contributed by atoms with van der Waals surface area (Å²) in [5, 5.41) is 0. The van der Waals surface area contributed by atoms with Crippen molar-refractivity contribution in [3.63, 3.8) is 0 Å². The van der Waals surface area contributed by atoms with Gasteiger partial charge in [-0.05, 0) is 30.7 Å². The van der Waals surface area contributed by atoms with Gasteiger partial charge in [-0.2, -0.15) is 0 Å². The normalized spacial score (nSPS) is 17.7. The molecule has 28 heavy (non-hydrogen) atoms. The van der Waals surface area contributed by atoms with E-state index in [9.17, 15) is 4.79 Å². The van der Waals surface area contributed by atoms with Crippen molar-refractivity contribution in [1.29, 1.82) is 0 Å². The SMILES string of the molecule is CCc1cc(N2CCN(C(=O)c3ccc(N4CCOCC4)cc3)CC2)ncn1. The second-order valence-corrected chi connectivity index (χ2v) is 7.15. The van der Waals surface area contributed by atoms with Crippen LogP contribution in [0.15, 0.2) is 36.7 Å². The van der Waals surface area contributed by atoms with Crippen molar-refractivity contribution in [3.05, 3.63) is 47.9 Å². The lowest BCUT2D eigenvalue weighted by Crippen LogP contribution is -2.49. The fraction of sp³-hybridized carbons (Fsp3) is 0.476. The van der Waals surface area contributed by atoms with E-state index >= 15 is 0 Å². The number of benzene rings is 1. The number of aryl methyl sites for hydroxylation is 1. The summed E-state index contributed by atoms with van der Waals surface area (Å²) in [6.07, 6.45) is 2.52. The number of carbonyl (C=O) groups excluding carboxylic acids is 1. The molecule has 1 aromatic carbocycles. The molecule has 0 bridgehead atoms. The van der Waals surface area contributed by atoms with E-state index in [0.717, 1.165) is 68.6 Å². The molecule has 0 atom stereocenters. The molecule has 7 heteroatoms. The number of hydrogen-bond acceptors (Lipinski definition) is 6. The Morgan fingerprint density at radius 1 is 0.964 bits per heavy atom. The average Bonchev–Trinajstić information content (AvgIpc) is 2.79. The maximum absolute atomic E-state index is 12.9. The van der Waals surface area contributed by atoms with Gasteiger partial charge < -0.3 is 19.4 Å². The Labute approximate surface area is 165 Å². The van der Waals surface area contributed by atoms with Gasteiger partial charge in [-0.3, -0.25) is 4.79 Å². The first kappa shape index (κ1) is 18.7. The smallest absolute Gasteiger partial charge is 0.253 e. The average molecular weight is 381 g/mol. The van der Waals surface area contributed by atoms with Crippen molar-refractivity contribution in [2.24, 2.45) is 0 Å². The van der Waals surface area contributed by atoms with E-state index in [1.54, 1.807) is 6.33 Å². The summed E-state index contributed by atoms with van der Waals surface area (Å²) >= 11 is 0. The fourth-order valence-electron chi connectivity index (χ4n) is 3.71. The van der Waals surface area contributed by atoms with Gasteiger partial charge in [-0.15, -0.1) is 0 Å². The van der Waals surface area contributed by atoms with Gasteiger partial charge in [0.1, 0.15) is 12.1 Å². The van der Waals surface area contributed by atoms with Gasteiger partial charge in [-0.1, -0.05) is 6.92 Å². The van der Waals surface area contributed by atoms with Crippen LogP contribution in [0.25, 0.3) is 0 Å². The standard InChI is InChI=1S/C21H27N5O2/c1-2-18-15-20(23-16-22-18)25-7-9-26(10-8-25)21(27)17-3-5-19(6-4-17)24-11-13-28-14-12-24/h3-6,15-16H,2,7-14H2,1H3. The molecule has 0 unspecified atom stereocenters. The van der Waals surface area contributed by atoms with Gasteiger partial charge >= 0.3 is 0 Å². The predicted molar refractivity (Wildman–Crippen MR) is 109 cm³/mol. The topological polar surface area (TPSA) is 61.8 Å². The Kier molecular flexibility index (Phi) is 5.71. The largest absolute Gasteiger partial charge is 0.378 e. The Morgan fingerprint density at radius 2 is 1.68 bits per heavy atom. The van der Waals surface area contributed by atoms with E-state index < -0.39 is 0 Å². The number of nitrogens with zero attached hydrogens (tertiary/aromatic N) is 5. The molecule has 2 fully saturated rings. The molecule has 2 aliphatic rings. The maximum Gasteiger partial charge on any atom is 0.253 e. The quantitative estimate of drug-likeness (QED) is 0.805. The monoisotopic (exact) mass is 381 g/mol. The van der Waals surface area contributed by atoms with Crippen molar-refractivity contribution in [2.45, 2.75) is 13.3 Å². The number of amides is 1. The molecule has 7 nitrogen and oxygen atoms in total. The number of anilines is 2. The minimum Gasteiger partial charge on any atom is -0.378 e. The van der Waals surface area contributed by atoms with Gasteiger partial charge in [0, 0.05) is 62.3 Å². The zero-order valence-corrected chi connectivity index (χ0v) is 16.4. The van der Waals surface area contributed by atoms with Crippen LogP contribution in [-0.2, 0) is 11.2 Å². The first-order valence-corrected chi connectivity index (χ1v) is 10.0. The van der Waals surface area contributed by atoms with Crippen LogP contribution in [0.3, 0.4) is 0 Å². The third-order valence-electron chi connectivity index (χ3n) is 5.45. The molecule has 1 amide bonds. The van der Waals surface area contributed by atoms with E-state index in [0.29, 0.717) is 13.1 Å². The lowest BCUT2D eigenvalue weighted by molar-refractivity contribution is 0.0746. The van der Waals surface area contributed by atoms with Crippen LogP contribution in [0.1, 0.15) is 23.0 Å². The third-order valence-corrected chi connectivity index (χ3v) is 5.45. The zero-order valence-electron chi connectivity index (χ0n) is 16.4. The summed E-state index contributed by atoms with van der Waals surface area (Å²) in [5.74, 6) is 1.05. The first-order chi connectivity index (χ1) is 13.7. The predicted octanol–water partition coefficient (Wildman–Crippen LogP) is 1.84. The summed E-state index contributed by atoms with van der Waals surface area (Å²) in [6, 6.07) is 10.0. The van der Waals surface area contributed by atoms with Crippen LogP contribution >= 0.6 is 0 Å². The highest BCUT2D eigenvalue weighted by Gasteiger charge is 2.23. The van der Waals surface area contributed by atoms with Gasteiger partial charge in [0.25, 0.3) is 5.91 Å². The van der Waals surface area contributed by atoms with Crippen LogP contribution in [0.4, 0.5) is 11.5 Å². The number of piperazine rings is 1. The Hall–Kier alpha value is -2.67. The molecule has 0 spiro atoms. The molecule has 0 aliphatic carbocycles. The lowest BCUT2D eigenvalue weighted by Gasteiger charge is -2.35. The van der Waals surface area contributed by atoms with Crippen molar-refractivity contribution < 1.29 is 9.53 Å². The number of aromatic nitrogens is 2. The van der Waals surface area contributed by atoms with Crippen molar-refractivity contribution in [1.82, 2.24) is 14.9 Å². The van der Waals surface area contributed by atoms with Crippen molar-refractivity contribution >= 4 is 17.4 Å². The lowest BCUT2D eigenvalue weighted by atomic mass is 10.1. The molecule has 1 aromatic heterocycles. The highest BCUT2D eigenvalue weighted by molar-refractivity contribution is 5.94. The molecule has 0 radical (unpaired) electrons. The minimum atomic E-state index is 0.102. The number of ether oxygens (including phenoxy) is 1. The van der Waals surface area contributed by atoms with E-state index in [1.165, 1.54) is 0 Å². The molecule has 0 N–H and O–H groups in total.